The van der Waals surface area contributed by atoms with Crippen molar-refractivity contribution in [1.29, 1.82) is 0 Å². The van der Waals surface area contributed by atoms with Crippen LogP contribution in [0.3, 0.4) is 0 Å². The van der Waals surface area contributed by atoms with Gasteiger partial charge in [-0.15, -0.1) is 10.1 Å². The number of hydrogen-bond acceptors (Lipinski definition) is 3. The molecule has 0 amide bonds. The lowest BCUT2D eigenvalue weighted by molar-refractivity contribution is -0.742. The molecule has 0 rings (SSSR count). The quantitative estimate of drug-likeness (QED) is 0.123. The van der Waals surface area contributed by atoms with Crippen molar-refractivity contribution in [1.82, 2.24) is 0 Å². The maximum absolute atomic E-state index is 8.36. The minimum Gasteiger partial charge on any atom is -0.328 e. The van der Waals surface area contributed by atoms with Gasteiger partial charge in [0.2, 0.25) is 0 Å². The van der Waals surface area contributed by atoms with Gasteiger partial charge in [-0.2, -0.15) is 0 Å². The fourth-order valence-corrected chi connectivity index (χ4v) is 3.58. The van der Waals surface area contributed by atoms with Gasteiger partial charge >= 0.3 is 0 Å². The van der Waals surface area contributed by atoms with E-state index in [-0.39, 0.29) is 0 Å². The highest BCUT2D eigenvalue weighted by Gasteiger charge is 2.02. The van der Waals surface area contributed by atoms with E-state index in [4.69, 9.17) is 21.1 Å². The van der Waals surface area contributed by atoms with Crippen molar-refractivity contribution in [2.24, 2.45) is 5.73 Å². The maximum Gasteiger partial charge on any atom is 0.291 e. The predicted molar refractivity (Wildman–Crippen MR) is 120 cm³/mol. The van der Waals surface area contributed by atoms with Crippen LogP contribution in [-0.4, -0.2) is 16.3 Å². The molecule has 0 aliphatic heterocycles. The molecule has 170 valence electrons. The smallest absolute Gasteiger partial charge is 0.291 e. The van der Waals surface area contributed by atoms with Gasteiger partial charge in [-0.3, -0.25) is 0 Å². The van der Waals surface area contributed by atoms with Crippen molar-refractivity contribution in [2.75, 3.05) is 0 Å². The molecule has 0 aromatic carbocycles. The Morgan fingerprint density at radius 2 is 0.857 bits per heavy atom. The Balaban J connectivity index is 0. The lowest BCUT2D eigenvalue weighted by Crippen LogP contribution is -2.19. The minimum absolute atomic E-state index is 0.471. The molecule has 0 aromatic rings. The molecule has 5 heteroatoms. The van der Waals surface area contributed by atoms with E-state index in [1.165, 1.54) is 128 Å². The van der Waals surface area contributed by atoms with E-state index in [1.807, 2.05) is 0 Å². The summed E-state index contributed by atoms with van der Waals surface area (Å²) in [5.74, 6) is 0. The van der Waals surface area contributed by atoms with Gasteiger partial charge in [0.05, 0.1) is 0 Å². The third-order valence-electron chi connectivity index (χ3n) is 5.36. The molecule has 0 unspecified atom stereocenters. The first-order chi connectivity index (χ1) is 13.5. The van der Waals surface area contributed by atoms with E-state index in [1.54, 1.807) is 0 Å². The van der Waals surface area contributed by atoms with E-state index in [9.17, 15) is 0 Å². The van der Waals surface area contributed by atoms with Crippen molar-refractivity contribution >= 4 is 0 Å². The molecule has 0 atom stereocenters. The zero-order valence-corrected chi connectivity index (χ0v) is 19.0. The molecule has 0 heterocycles. The van der Waals surface area contributed by atoms with Crippen LogP contribution in [0.4, 0.5) is 0 Å². The average molecular weight is 403 g/mol. The molecule has 3 N–H and O–H groups in total. The fourth-order valence-electron chi connectivity index (χ4n) is 3.58. The van der Waals surface area contributed by atoms with Crippen molar-refractivity contribution < 1.29 is 10.3 Å². The Morgan fingerprint density at radius 1 is 0.643 bits per heavy atom. The number of nitrogens with two attached hydrogens (primary N) is 1. The predicted octanol–water partition coefficient (Wildman–Crippen LogP) is 7.81. The Labute approximate surface area is 175 Å². The molecule has 0 aliphatic rings. The molecular formula is C23H50N2O3. The van der Waals surface area contributed by atoms with Crippen LogP contribution in [0.15, 0.2) is 0 Å². The van der Waals surface area contributed by atoms with E-state index in [0.29, 0.717) is 6.04 Å². The first-order valence-corrected chi connectivity index (χ1v) is 12.1. The van der Waals surface area contributed by atoms with Crippen molar-refractivity contribution in [3.63, 3.8) is 0 Å². The third-order valence-corrected chi connectivity index (χ3v) is 5.36. The fraction of sp³-hybridized carbons (Fsp3) is 1.00. The normalized spacial score (nSPS) is 10.7. The van der Waals surface area contributed by atoms with Crippen molar-refractivity contribution in [3.05, 3.63) is 10.1 Å². The molecule has 0 spiro atoms. The number of unbranched alkanes of at least 4 members (excludes halogenated alkanes) is 16. The van der Waals surface area contributed by atoms with Gasteiger partial charge < -0.3 is 10.9 Å². The molecule has 0 saturated carbocycles. The highest BCUT2D eigenvalue weighted by Crippen LogP contribution is 2.14. The number of rotatable bonds is 20. The van der Waals surface area contributed by atoms with Crippen LogP contribution in [0.25, 0.3) is 0 Å². The number of hydrogen-bond donors (Lipinski definition) is 2. The van der Waals surface area contributed by atoms with E-state index < -0.39 is 5.09 Å². The Kier molecular flexibility index (Phi) is 27.4. The van der Waals surface area contributed by atoms with Crippen molar-refractivity contribution in [3.8, 4) is 0 Å². The maximum atomic E-state index is 8.36. The highest BCUT2D eigenvalue weighted by atomic mass is 16.9. The van der Waals surface area contributed by atoms with Gasteiger partial charge in [-0.25, -0.2) is 0 Å². The lowest BCUT2D eigenvalue weighted by Gasteiger charge is -2.11. The lowest BCUT2D eigenvalue weighted by atomic mass is 10.0. The zero-order chi connectivity index (χ0) is 21.3. The first-order valence-electron chi connectivity index (χ1n) is 12.1. The van der Waals surface area contributed by atoms with Gasteiger partial charge in [0.25, 0.3) is 5.09 Å². The summed E-state index contributed by atoms with van der Waals surface area (Å²) in [4.78, 5) is 8.36. The number of nitrogens with zero attached hydrogens (tertiary/aromatic N) is 1. The average Bonchev–Trinajstić information content (AvgIpc) is 2.65. The standard InChI is InChI=1S/C23H49N.HNO3/c1-3-5-7-9-11-13-15-17-19-21-23(24)22-20-18-16-14-12-10-8-6-4-2;2-1(3)4/h23H,3-22,24H2,1-2H3;(H,2,3,4). The Morgan fingerprint density at radius 3 is 1.11 bits per heavy atom. The third kappa shape index (κ3) is 32.8. The van der Waals surface area contributed by atoms with E-state index in [0.717, 1.165) is 0 Å². The van der Waals surface area contributed by atoms with Gasteiger partial charge in [-0.1, -0.05) is 129 Å². The second kappa shape index (κ2) is 26.2. The Hall–Kier alpha value is -0.840. The SMILES string of the molecule is CCCCCCCCCCCC(N)CCCCCCCCCCC.O=[N+]([O-])O. The van der Waals surface area contributed by atoms with Crippen molar-refractivity contribution in [2.45, 2.75) is 148 Å². The van der Waals surface area contributed by atoms with Crippen LogP contribution in [0.1, 0.15) is 142 Å². The molecule has 0 aliphatic carbocycles. The topological polar surface area (TPSA) is 89.4 Å². The highest BCUT2D eigenvalue weighted by molar-refractivity contribution is 4.62. The molecule has 28 heavy (non-hydrogen) atoms. The second-order valence-electron chi connectivity index (χ2n) is 8.23. The van der Waals surface area contributed by atoms with Gasteiger partial charge in [0, 0.05) is 6.04 Å². The zero-order valence-electron chi connectivity index (χ0n) is 19.0. The van der Waals surface area contributed by atoms with Crippen LogP contribution >= 0.6 is 0 Å². The summed E-state index contributed by atoms with van der Waals surface area (Å²) in [6.07, 6.45) is 28.0. The minimum atomic E-state index is -1.50. The summed E-state index contributed by atoms with van der Waals surface area (Å²) in [7, 11) is 0. The van der Waals surface area contributed by atoms with Crippen LogP contribution in [0.2, 0.25) is 0 Å². The van der Waals surface area contributed by atoms with Gasteiger partial charge in [0.1, 0.15) is 0 Å². The van der Waals surface area contributed by atoms with E-state index in [2.05, 4.69) is 13.8 Å². The summed E-state index contributed by atoms with van der Waals surface area (Å²) >= 11 is 0. The van der Waals surface area contributed by atoms with Crippen LogP contribution < -0.4 is 5.73 Å². The van der Waals surface area contributed by atoms with Crippen LogP contribution in [0.5, 0.6) is 0 Å². The molecule has 0 saturated heterocycles. The van der Waals surface area contributed by atoms with Gasteiger partial charge in [0.15, 0.2) is 0 Å². The monoisotopic (exact) mass is 402 g/mol. The Bertz CT molecular complexity index is 276. The van der Waals surface area contributed by atoms with E-state index >= 15 is 0 Å². The molecule has 0 aromatic heterocycles. The molecular weight excluding hydrogens is 352 g/mol. The summed E-state index contributed by atoms with van der Waals surface area (Å²) in [5.41, 5.74) is 6.27. The summed E-state index contributed by atoms with van der Waals surface area (Å²) in [6.45, 7) is 4.58. The summed E-state index contributed by atoms with van der Waals surface area (Å²) in [6, 6.07) is 0.471. The van der Waals surface area contributed by atoms with Gasteiger partial charge in [-0.05, 0) is 12.8 Å². The molecule has 0 radical (unpaired) electrons. The molecule has 0 fully saturated rings. The van der Waals surface area contributed by atoms with Crippen LogP contribution in [-0.2, 0) is 0 Å². The second-order valence-corrected chi connectivity index (χ2v) is 8.23. The largest absolute Gasteiger partial charge is 0.328 e. The molecule has 0 bridgehead atoms. The van der Waals surface area contributed by atoms with Crippen LogP contribution in [0, 0.1) is 10.1 Å². The summed E-state index contributed by atoms with van der Waals surface area (Å²) in [5, 5.41) is 13.6. The molecule has 5 nitrogen and oxygen atoms in total. The summed E-state index contributed by atoms with van der Waals surface area (Å²) < 4.78 is 0. The first kappa shape index (κ1) is 29.4.